The largest absolute Gasteiger partial charge is 0.481 e. The number of carbonyl (C=O) groups excluding carboxylic acids is 3. The lowest BCUT2D eigenvalue weighted by atomic mass is 10.0. The highest BCUT2D eigenvalue weighted by molar-refractivity contribution is 5.92. The molecule has 0 aliphatic carbocycles. The molecule has 0 fully saturated rings. The number of aliphatic carboxylic acids is 2. The predicted molar refractivity (Wildman–Crippen MR) is 127 cm³/mol. The van der Waals surface area contributed by atoms with Gasteiger partial charge in [0.15, 0.2) is 6.10 Å². The quantitative estimate of drug-likeness (QED) is 0.296. The molecule has 4 N–H and O–H groups in total. The van der Waals surface area contributed by atoms with E-state index in [9.17, 15) is 24.0 Å². The molecule has 10 heteroatoms. The second kappa shape index (κ2) is 13.1. The highest BCUT2D eigenvalue weighted by atomic mass is 16.5. The predicted octanol–water partition coefficient (Wildman–Crippen LogP) is 2.14. The monoisotopic (exact) mass is 486 g/mol. The molecule has 0 heterocycles. The SMILES string of the molecule is CC(C)C[C@H](NC(=O)C(CCC(=O)O)Oc1cccc2ccccc12)C(=O)N[C@H](C=O)CC(=O)O. The van der Waals surface area contributed by atoms with Gasteiger partial charge in [0.1, 0.15) is 18.1 Å². The number of carboxylic acids is 2. The van der Waals surface area contributed by atoms with E-state index in [1.54, 1.807) is 12.1 Å². The lowest BCUT2D eigenvalue weighted by molar-refractivity contribution is -0.140. The fourth-order valence-electron chi connectivity index (χ4n) is 3.52. The molecule has 2 amide bonds. The van der Waals surface area contributed by atoms with E-state index in [4.69, 9.17) is 14.9 Å². The first-order chi connectivity index (χ1) is 16.6. The summed E-state index contributed by atoms with van der Waals surface area (Å²) in [6, 6.07) is 10.3. The number of hydrogen-bond donors (Lipinski definition) is 4. The summed E-state index contributed by atoms with van der Waals surface area (Å²) in [5, 5.41) is 24.6. The zero-order chi connectivity index (χ0) is 26.0. The number of hydrogen-bond acceptors (Lipinski definition) is 6. The number of rotatable bonds is 14. The maximum atomic E-state index is 13.2. The average Bonchev–Trinajstić information content (AvgIpc) is 2.80. The molecule has 0 aliphatic rings. The molecule has 0 aromatic heterocycles. The van der Waals surface area contributed by atoms with Crippen LogP contribution in [-0.2, 0) is 24.0 Å². The molecule has 0 saturated heterocycles. The van der Waals surface area contributed by atoms with E-state index in [2.05, 4.69) is 10.6 Å². The lowest BCUT2D eigenvalue weighted by Gasteiger charge is -2.25. The van der Waals surface area contributed by atoms with E-state index < -0.39 is 48.4 Å². The minimum Gasteiger partial charge on any atom is -0.481 e. The number of benzene rings is 2. The molecule has 2 aromatic carbocycles. The first kappa shape index (κ1) is 27.3. The summed E-state index contributed by atoms with van der Waals surface area (Å²) in [6.07, 6.45) is -1.76. The van der Waals surface area contributed by atoms with Crippen molar-refractivity contribution < 1.29 is 38.9 Å². The van der Waals surface area contributed by atoms with Crippen LogP contribution in [0.5, 0.6) is 5.75 Å². The summed E-state index contributed by atoms with van der Waals surface area (Å²) in [6.45, 7) is 3.66. The standard InChI is InChI=1S/C25H30N2O8/c1-15(2)12-19(24(33)26-17(14-28)13-23(31)32)27-25(34)21(10-11-22(29)30)35-20-9-5-7-16-6-3-4-8-18(16)20/h3-9,14-15,17,19,21H,10-13H2,1-2H3,(H,26,33)(H,27,34)(H,29,30)(H,31,32)/t17-,19-,21?/m0/s1. The average molecular weight is 487 g/mol. The lowest BCUT2D eigenvalue weighted by Crippen LogP contribution is -2.53. The van der Waals surface area contributed by atoms with Crippen molar-refractivity contribution in [3.05, 3.63) is 42.5 Å². The molecule has 2 aromatic rings. The highest BCUT2D eigenvalue weighted by Crippen LogP contribution is 2.27. The minimum absolute atomic E-state index is 0.0309. The summed E-state index contributed by atoms with van der Waals surface area (Å²) in [5.74, 6) is -3.42. The molecule has 3 atom stereocenters. The van der Waals surface area contributed by atoms with Gasteiger partial charge in [0.25, 0.3) is 5.91 Å². The van der Waals surface area contributed by atoms with E-state index in [-0.39, 0.29) is 25.2 Å². The van der Waals surface area contributed by atoms with Crippen LogP contribution in [0.3, 0.4) is 0 Å². The second-order valence-electron chi connectivity index (χ2n) is 8.56. The van der Waals surface area contributed by atoms with E-state index in [0.717, 1.165) is 10.8 Å². The van der Waals surface area contributed by atoms with Gasteiger partial charge in [0.05, 0.1) is 12.5 Å². The molecule has 0 spiro atoms. The van der Waals surface area contributed by atoms with Gasteiger partial charge >= 0.3 is 11.9 Å². The fourth-order valence-corrected chi connectivity index (χ4v) is 3.52. The Morgan fingerprint density at radius 3 is 2.26 bits per heavy atom. The molecule has 0 radical (unpaired) electrons. The Balaban J connectivity index is 2.24. The summed E-state index contributed by atoms with van der Waals surface area (Å²) in [7, 11) is 0. The van der Waals surface area contributed by atoms with Gasteiger partial charge in [-0.3, -0.25) is 19.2 Å². The van der Waals surface area contributed by atoms with E-state index >= 15 is 0 Å². The Hall–Kier alpha value is -3.95. The molecule has 0 aliphatic heterocycles. The van der Waals surface area contributed by atoms with Crippen molar-refractivity contribution >= 4 is 40.8 Å². The van der Waals surface area contributed by atoms with Gasteiger partial charge in [0.2, 0.25) is 5.91 Å². The third kappa shape index (κ3) is 8.73. The van der Waals surface area contributed by atoms with Gasteiger partial charge in [-0.05, 0) is 23.8 Å². The molecular formula is C25H30N2O8. The van der Waals surface area contributed by atoms with Crippen molar-refractivity contribution in [2.45, 2.75) is 57.7 Å². The van der Waals surface area contributed by atoms with Crippen molar-refractivity contribution in [3.8, 4) is 5.75 Å². The Morgan fingerprint density at radius 1 is 0.943 bits per heavy atom. The molecular weight excluding hydrogens is 456 g/mol. The van der Waals surface area contributed by atoms with Crippen LogP contribution >= 0.6 is 0 Å². The van der Waals surface area contributed by atoms with Crippen LogP contribution in [0.15, 0.2) is 42.5 Å². The minimum atomic E-state index is -1.26. The van der Waals surface area contributed by atoms with Crippen LogP contribution < -0.4 is 15.4 Å². The van der Waals surface area contributed by atoms with Crippen LogP contribution in [-0.4, -0.2) is 58.4 Å². The first-order valence-corrected chi connectivity index (χ1v) is 11.2. The Morgan fingerprint density at radius 2 is 1.63 bits per heavy atom. The highest BCUT2D eigenvalue weighted by Gasteiger charge is 2.29. The van der Waals surface area contributed by atoms with Crippen molar-refractivity contribution in [2.24, 2.45) is 5.92 Å². The van der Waals surface area contributed by atoms with E-state index in [1.165, 1.54) is 0 Å². The number of amides is 2. The van der Waals surface area contributed by atoms with Gasteiger partial charge in [-0.25, -0.2) is 0 Å². The summed E-state index contributed by atoms with van der Waals surface area (Å²) in [4.78, 5) is 59.2. The smallest absolute Gasteiger partial charge is 0.305 e. The second-order valence-corrected chi connectivity index (χ2v) is 8.56. The normalized spacial score (nSPS) is 13.5. The molecule has 35 heavy (non-hydrogen) atoms. The number of aldehydes is 1. The topological polar surface area (TPSA) is 159 Å². The van der Waals surface area contributed by atoms with Crippen molar-refractivity contribution in [3.63, 3.8) is 0 Å². The Bertz CT molecular complexity index is 1060. The van der Waals surface area contributed by atoms with Gasteiger partial charge < -0.3 is 30.4 Å². The van der Waals surface area contributed by atoms with Crippen LogP contribution in [0.25, 0.3) is 10.8 Å². The van der Waals surface area contributed by atoms with Crippen LogP contribution in [0.1, 0.15) is 39.5 Å². The summed E-state index contributed by atoms with van der Waals surface area (Å²) >= 11 is 0. The van der Waals surface area contributed by atoms with Gasteiger partial charge in [-0.2, -0.15) is 0 Å². The van der Waals surface area contributed by atoms with Crippen molar-refractivity contribution in [2.75, 3.05) is 0 Å². The molecule has 0 saturated carbocycles. The van der Waals surface area contributed by atoms with Gasteiger partial charge in [0, 0.05) is 18.2 Å². The first-order valence-electron chi connectivity index (χ1n) is 11.2. The van der Waals surface area contributed by atoms with E-state index in [1.807, 2.05) is 44.2 Å². The maximum Gasteiger partial charge on any atom is 0.305 e. The maximum absolute atomic E-state index is 13.2. The Kier molecular flexibility index (Phi) is 10.2. The number of nitrogens with one attached hydrogen (secondary N) is 2. The molecule has 0 bridgehead atoms. The van der Waals surface area contributed by atoms with Gasteiger partial charge in [-0.1, -0.05) is 50.2 Å². The molecule has 2 rings (SSSR count). The third-order valence-electron chi connectivity index (χ3n) is 5.16. The number of fused-ring (bicyclic) bond motifs is 1. The zero-order valence-corrected chi connectivity index (χ0v) is 19.6. The Labute approximate surface area is 202 Å². The van der Waals surface area contributed by atoms with Crippen LogP contribution in [0.4, 0.5) is 0 Å². The number of carbonyl (C=O) groups is 5. The summed E-state index contributed by atoms with van der Waals surface area (Å²) < 4.78 is 5.94. The van der Waals surface area contributed by atoms with Crippen molar-refractivity contribution in [1.29, 1.82) is 0 Å². The van der Waals surface area contributed by atoms with Crippen LogP contribution in [0.2, 0.25) is 0 Å². The number of ether oxygens (including phenoxy) is 1. The molecule has 1 unspecified atom stereocenters. The number of carboxylic acid groups (broad SMARTS) is 2. The fraction of sp³-hybridized carbons (Fsp3) is 0.400. The van der Waals surface area contributed by atoms with Crippen LogP contribution in [0, 0.1) is 5.92 Å². The third-order valence-corrected chi connectivity index (χ3v) is 5.16. The van der Waals surface area contributed by atoms with E-state index in [0.29, 0.717) is 12.0 Å². The zero-order valence-electron chi connectivity index (χ0n) is 19.6. The molecule has 188 valence electrons. The molecule has 10 nitrogen and oxygen atoms in total. The summed E-state index contributed by atoms with van der Waals surface area (Å²) in [5.41, 5.74) is 0. The van der Waals surface area contributed by atoms with Crippen molar-refractivity contribution in [1.82, 2.24) is 10.6 Å². The van der Waals surface area contributed by atoms with Gasteiger partial charge in [-0.15, -0.1) is 0 Å².